The molecule has 2 aromatic heterocycles. The summed E-state index contributed by atoms with van der Waals surface area (Å²) in [6.45, 7) is 5.87. The highest BCUT2D eigenvalue weighted by atomic mass is 15.2. The van der Waals surface area contributed by atoms with Crippen LogP contribution in [0.4, 0.5) is 5.95 Å². The summed E-state index contributed by atoms with van der Waals surface area (Å²) in [5, 5.41) is 11.3. The molecule has 88 valence electrons. The van der Waals surface area contributed by atoms with Crippen LogP contribution in [0, 0.1) is 13.8 Å². The Bertz CT molecular complexity index is 498. The molecule has 1 atom stereocenters. The van der Waals surface area contributed by atoms with Crippen molar-refractivity contribution in [2.75, 3.05) is 5.32 Å². The molecule has 0 aliphatic heterocycles. The van der Waals surface area contributed by atoms with Gasteiger partial charge in [0.2, 0.25) is 5.95 Å². The Morgan fingerprint density at radius 2 is 1.76 bits per heavy atom. The van der Waals surface area contributed by atoms with Crippen LogP contribution in [-0.4, -0.2) is 20.2 Å². The Kier molecular flexibility index (Phi) is 3.27. The molecule has 17 heavy (non-hydrogen) atoms. The van der Waals surface area contributed by atoms with E-state index in [0.29, 0.717) is 5.95 Å². The van der Waals surface area contributed by atoms with Gasteiger partial charge in [-0.1, -0.05) is 0 Å². The zero-order chi connectivity index (χ0) is 12.3. The van der Waals surface area contributed by atoms with Gasteiger partial charge in [0.05, 0.1) is 17.4 Å². The van der Waals surface area contributed by atoms with Crippen molar-refractivity contribution < 1.29 is 0 Å². The summed E-state index contributed by atoms with van der Waals surface area (Å²) >= 11 is 0. The maximum absolute atomic E-state index is 4.34. The lowest BCUT2D eigenvalue weighted by Crippen LogP contribution is -2.11. The molecule has 2 aromatic rings. The maximum atomic E-state index is 4.34. The SMILES string of the molecule is Cc1nnc(NC(C)c2ccncc2)nc1C. The van der Waals surface area contributed by atoms with E-state index in [4.69, 9.17) is 0 Å². The number of aromatic nitrogens is 4. The van der Waals surface area contributed by atoms with Crippen molar-refractivity contribution in [2.24, 2.45) is 0 Å². The molecule has 0 aromatic carbocycles. The van der Waals surface area contributed by atoms with Gasteiger partial charge in [-0.2, -0.15) is 5.10 Å². The van der Waals surface area contributed by atoms with Crippen LogP contribution in [0.3, 0.4) is 0 Å². The van der Waals surface area contributed by atoms with Crippen LogP contribution in [0.25, 0.3) is 0 Å². The van der Waals surface area contributed by atoms with Gasteiger partial charge in [0.25, 0.3) is 0 Å². The first kappa shape index (κ1) is 11.4. The smallest absolute Gasteiger partial charge is 0.243 e. The molecular weight excluding hydrogens is 214 g/mol. The maximum Gasteiger partial charge on any atom is 0.243 e. The molecular formula is C12H15N5. The standard InChI is InChI=1S/C12H15N5/c1-8-9(2)16-17-12(14-8)15-10(3)11-4-6-13-7-5-11/h4-7,10H,1-3H3,(H,14,15,17). The Hall–Kier alpha value is -2.04. The molecule has 2 rings (SSSR count). The molecule has 0 aliphatic carbocycles. The van der Waals surface area contributed by atoms with Gasteiger partial charge in [0, 0.05) is 12.4 Å². The predicted molar refractivity (Wildman–Crippen MR) is 65.6 cm³/mol. The topological polar surface area (TPSA) is 63.6 Å². The van der Waals surface area contributed by atoms with E-state index in [9.17, 15) is 0 Å². The Balaban J connectivity index is 2.13. The third kappa shape index (κ3) is 2.75. The molecule has 5 heteroatoms. The first-order chi connectivity index (χ1) is 8.16. The predicted octanol–water partition coefficient (Wildman–Crippen LogP) is 2.06. The summed E-state index contributed by atoms with van der Waals surface area (Å²) in [5.74, 6) is 0.553. The highest BCUT2D eigenvalue weighted by Gasteiger charge is 2.07. The van der Waals surface area contributed by atoms with Crippen LogP contribution in [0.1, 0.15) is 29.9 Å². The highest BCUT2D eigenvalue weighted by molar-refractivity contribution is 5.30. The fourth-order valence-electron chi connectivity index (χ4n) is 1.45. The number of nitrogens with zero attached hydrogens (tertiary/aromatic N) is 4. The number of nitrogens with one attached hydrogen (secondary N) is 1. The third-order valence-corrected chi connectivity index (χ3v) is 2.64. The molecule has 0 amide bonds. The Labute approximate surface area is 100 Å². The van der Waals surface area contributed by atoms with E-state index in [1.807, 2.05) is 32.9 Å². The molecule has 0 radical (unpaired) electrons. The van der Waals surface area contributed by atoms with E-state index in [1.165, 1.54) is 0 Å². The number of aryl methyl sites for hydroxylation is 2. The Morgan fingerprint density at radius 1 is 1.06 bits per heavy atom. The van der Waals surface area contributed by atoms with Gasteiger partial charge in [0.15, 0.2) is 0 Å². The lowest BCUT2D eigenvalue weighted by atomic mass is 10.1. The van der Waals surface area contributed by atoms with Gasteiger partial charge in [-0.25, -0.2) is 4.98 Å². The minimum atomic E-state index is 0.127. The van der Waals surface area contributed by atoms with Crippen molar-refractivity contribution in [2.45, 2.75) is 26.8 Å². The number of hydrogen-bond donors (Lipinski definition) is 1. The minimum absolute atomic E-state index is 0.127. The average Bonchev–Trinajstić information content (AvgIpc) is 2.35. The van der Waals surface area contributed by atoms with E-state index in [0.717, 1.165) is 17.0 Å². The second kappa shape index (κ2) is 4.86. The van der Waals surface area contributed by atoms with E-state index in [2.05, 4.69) is 25.5 Å². The first-order valence-corrected chi connectivity index (χ1v) is 5.51. The van der Waals surface area contributed by atoms with Crippen molar-refractivity contribution in [3.8, 4) is 0 Å². The second-order valence-corrected chi connectivity index (χ2v) is 3.95. The van der Waals surface area contributed by atoms with Crippen molar-refractivity contribution >= 4 is 5.95 Å². The van der Waals surface area contributed by atoms with Crippen LogP contribution in [0.5, 0.6) is 0 Å². The molecule has 2 heterocycles. The summed E-state index contributed by atoms with van der Waals surface area (Å²) in [7, 11) is 0. The Morgan fingerprint density at radius 3 is 2.41 bits per heavy atom. The summed E-state index contributed by atoms with van der Waals surface area (Å²) in [6, 6.07) is 4.06. The summed E-state index contributed by atoms with van der Waals surface area (Å²) in [6.07, 6.45) is 3.54. The van der Waals surface area contributed by atoms with E-state index in [-0.39, 0.29) is 6.04 Å². The molecule has 1 unspecified atom stereocenters. The zero-order valence-corrected chi connectivity index (χ0v) is 10.2. The van der Waals surface area contributed by atoms with Crippen molar-refractivity contribution in [3.63, 3.8) is 0 Å². The van der Waals surface area contributed by atoms with Crippen LogP contribution in [-0.2, 0) is 0 Å². The van der Waals surface area contributed by atoms with Crippen LogP contribution >= 0.6 is 0 Å². The molecule has 0 saturated carbocycles. The van der Waals surface area contributed by atoms with Crippen molar-refractivity contribution in [1.82, 2.24) is 20.2 Å². The monoisotopic (exact) mass is 229 g/mol. The van der Waals surface area contributed by atoms with Crippen LogP contribution < -0.4 is 5.32 Å². The number of pyridine rings is 1. The van der Waals surface area contributed by atoms with Gasteiger partial charge >= 0.3 is 0 Å². The normalized spacial score (nSPS) is 12.2. The van der Waals surface area contributed by atoms with Crippen molar-refractivity contribution in [3.05, 3.63) is 41.5 Å². The fourth-order valence-corrected chi connectivity index (χ4v) is 1.45. The van der Waals surface area contributed by atoms with E-state index >= 15 is 0 Å². The van der Waals surface area contributed by atoms with Crippen LogP contribution in [0.2, 0.25) is 0 Å². The number of anilines is 1. The second-order valence-electron chi connectivity index (χ2n) is 3.95. The van der Waals surface area contributed by atoms with Gasteiger partial charge in [0.1, 0.15) is 0 Å². The van der Waals surface area contributed by atoms with E-state index < -0.39 is 0 Å². The van der Waals surface area contributed by atoms with Gasteiger partial charge in [-0.05, 0) is 38.5 Å². The van der Waals surface area contributed by atoms with Crippen molar-refractivity contribution in [1.29, 1.82) is 0 Å². The van der Waals surface area contributed by atoms with Crippen LogP contribution in [0.15, 0.2) is 24.5 Å². The molecule has 0 aliphatic rings. The minimum Gasteiger partial charge on any atom is -0.346 e. The molecule has 1 N–H and O–H groups in total. The highest BCUT2D eigenvalue weighted by Crippen LogP contribution is 2.15. The lowest BCUT2D eigenvalue weighted by molar-refractivity contribution is 0.819. The fraction of sp³-hybridized carbons (Fsp3) is 0.333. The van der Waals surface area contributed by atoms with Gasteiger partial charge in [-0.15, -0.1) is 5.10 Å². The molecule has 0 saturated heterocycles. The molecule has 0 bridgehead atoms. The number of hydrogen-bond acceptors (Lipinski definition) is 5. The van der Waals surface area contributed by atoms with Gasteiger partial charge < -0.3 is 5.32 Å². The summed E-state index contributed by atoms with van der Waals surface area (Å²) in [4.78, 5) is 8.33. The quantitative estimate of drug-likeness (QED) is 0.872. The zero-order valence-electron chi connectivity index (χ0n) is 10.2. The molecule has 0 spiro atoms. The summed E-state index contributed by atoms with van der Waals surface area (Å²) < 4.78 is 0. The largest absolute Gasteiger partial charge is 0.346 e. The molecule has 0 fully saturated rings. The summed E-state index contributed by atoms with van der Waals surface area (Å²) in [5.41, 5.74) is 2.89. The third-order valence-electron chi connectivity index (χ3n) is 2.64. The first-order valence-electron chi connectivity index (χ1n) is 5.51. The van der Waals surface area contributed by atoms with E-state index in [1.54, 1.807) is 12.4 Å². The lowest BCUT2D eigenvalue weighted by Gasteiger charge is -2.13. The molecule has 5 nitrogen and oxygen atoms in total. The average molecular weight is 229 g/mol. The van der Waals surface area contributed by atoms with Gasteiger partial charge in [-0.3, -0.25) is 4.98 Å². The number of rotatable bonds is 3.